The Morgan fingerprint density at radius 2 is 0.862 bits per heavy atom. The fraction of sp³-hybridized carbons (Fsp3) is 0.741. The van der Waals surface area contributed by atoms with Crippen LogP contribution >= 0.6 is 7.82 Å². The number of ether oxygens (including phenoxy) is 2. The van der Waals surface area contributed by atoms with Gasteiger partial charge in [-0.1, -0.05) is 234 Å². The quantitative estimate of drug-likeness (QED) is 0.0232. The van der Waals surface area contributed by atoms with Gasteiger partial charge in [-0.2, -0.15) is 0 Å². The minimum atomic E-state index is -4.64. The van der Waals surface area contributed by atoms with E-state index in [1.54, 1.807) is 0 Å². The summed E-state index contributed by atoms with van der Waals surface area (Å²) in [5.41, 5.74) is 5.37. The third kappa shape index (κ3) is 49.1. The normalized spacial score (nSPS) is 14.3. The zero-order valence-corrected chi connectivity index (χ0v) is 42.2. The zero-order valence-electron chi connectivity index (χ0n) is 41.3. The molecule has 10 nitrogen and oxygen atoms in total. The summed E-state index contributed by atoms with van der Waals surface area (Å²) in [7, 11) is -4.64. The molecule has 65 heavy (non-hydrogen) atoms. The molecule has 3 atom stereocenters. The summed E-state index contributed by atoms with van der Waals surface area (Å²) < 4.78 is 33.4. The molecule has 376 valence electrons. The van der Waals surface area contributed by atoms with Gasteiger partial charge < -0.3 is 25.2 Å². The Bertz CT molecular complexity index is 1310. The van der Waals surface area contributed by atoms with Crippen LogP contribution in [0, 0.1) is 0 Å². The second-order valence-electron chi connectivity index (χ2n) is 17.3. The molecular weight excluding hydrogens is 838 g/mol. The minimum absolute atomic E-state index is 0.0142. The van der Waals surface area contributed by atoms with Gasteiger partial charge in [-0.25, -0.2) is 4.57 Å². The Balaban J connectivity index is 4.19. The Morgan fingerprint density at radius 1 is 0.508 bits per heavy atom. The van der Waals surface area contributed by atoms with E-state index in [4.69, 9.17) is 29.4 Å². The van der Waals surface area contributed by atoms with Crippen molar-refractivity contribution in [2.24, 2.45) is 5.73 Å². The van der Waals surface area contributed by atoms with Gasteiger partial charge in [0.1, 0.15) is 12.1 Å². The highest BCUT2D eigenvalue weighted by atomic mass is 31.2. The smallest absolute Gasteiger partial charge is 0.472 e. The molecule has 0 amide bonds. The summed E-state index contributed by atoms with van der Waals surface area (Å²) >= 11 is 0. The van der Waals surface area contributed by atoms with Gasteiger partial charge in [0, 0.05) is 13.0 Å². The number of carboxylic acid groups (broad SMARTS) is 1. The van der Waals surface area contributed by atoms with E-state index in [0.717, 1.165) is 57.8 Å². The highest BCUT2D eigenvalue weighted by Gasteiger charge is 2.27. The fourth-order valence-corrected chi connectivity index (χ4v) is 7.82. The van der Waals surface area contributed by atoms with Crippen LogP contribution in [0.2, 0.25) is 0 Å². The summed E-state index contributed by atoms with van der Waals surface area (Å²) in [6.45, 7) is 3.70. The van der Waals surface area contributed by atoms with Gasteiger partial charge in [-0.3, -0.25) is 18.6 Å². The minimum Gasteiger partial charge on any atom is -0.480 e. The number of nitrogens with two attached hydrogens (primary N) is 1. The monoisotopic (exact) mass is 934 g/mol. The van der Waals surface area contributed by atoms with Crippen molar-refractivity contribution in [3.63, 3.8) is 0 Å². The van der Waals surface area contributed by atoms with Gasteiger partial charge in [0.05, 0.1) is 19.8 Å². The third-order valence-corrected chi connectivity index (χ3v) is 12.0. The zero-order chi connectivity index (χ0) is 47.6. The molecular formula is C54H96NO9P. The molecule has 3 unspecified atom stereocenters. The van der Waals surface area contributed by atoms with Crippen LogP contribution in [0.4, 0.5) is 0 Å². The number of phosphoric ester groups is 1. The Kier molecular flexibility index (Phi) is 47.4. The first kappa shape index (κ1) is 62.4. The molecule has 0 aliphatic carbocycles. The summed E-state index contributed by atoms with van der Waals surface area (Å²) in [5.74, 6) is -1.86. The second kappa shape index (κ2) is 49.3. The van der Waals surface area contributed by atoms with Crippen molar-refractivity contribution in [3.05, 3.63) is 72.9 Å². The van der Waals surface area contributed by atoms with Crippen LogP contribution in [-0.4, -0.2) is 60.5 Å². The number of carboxylic acids is 1. The number of rotatable bonds is 49. The number of carbonyl (C=O) groups is 2. The molecule has 0 bridgehead atoms. The molecule has 0 radical (unpaired) electrons. The Hall–Kier alpha value is -2.59. The van der Waals surface area contributed by atoms with Gasteiger partial charge in [0.15, 0.2) is 0 Å². The lowest BCUT2D eigenvalue weighted by Crippen LogP contribution is -2.34. The molecule has 0 heterocycles. The van der Waals surface area contributed by atoms with E-state index in [1.807, 2.05) is 12.2 Å². The van der Waals surface area contributed by atoms with Crippen molar-refractivity contribution >= 4 is 19.8 Å². The highest BCUT2D eigenvalue weighted by Crippen LogP contribution is 2.43. The maximum Gasteiger partial charge on any atom is 0.472 e. The predicted octanol–water partition coefficient (Wildman–Crippen LogP) is 15.3. The number of aliphatic carboxylic acids is 1. The molecule has 0 aliphatic rings. The van der Waals surface area contributed by atoms with Crippen LogP contribution < -0.4 is 5.73 Å². The van der Waals surface area contributed by atoms with Crippen molar-refractivity contribution in [3.8, 4) is 0 Å². The van der Waals surface area contributed by atoms with Crippen molar-refractivity contribution in [2.75, 3.05) is 26.4 Å². The molecule has 0 spiro atoms. The summed E-state index contributed by atoms with van der Waals surface area (Å²) in [5, 5.41) is 8.93. The van der Waals surface area contributed by atoms with E-state index >= 15 is 0 Å². The van der Waals surface area contributed by atoms with E-state index in [9.17, 15) is 19.0 Å². The lowest BCUT2D eigenvalue weighted by Gasteiger charge is -2.20. The maximum atomic E-state index is 12.7. The number of phosphoric acid groups is 1. The summed E-state index contributed by atoms with van der Waals surface area (Å²) in [6, 6.07) is -1.49. The van der Waals surface area contributed by atoms with Crippen molar-refractivity contribution in [1.82, 2.24) is 0 Å². The first-order valence-corrected chi connectivity index (χ1v) is 27.5. The molecule has 0 aromatic rings. The summed E-state index contributed by atoms with van der Waals surface area (Å²) in [4.78, 5) is 33.6. The molecule has 11 heteroatoms. The van der Waals surface area contributed by atoms with Gasteiger partial charge >= 0.3 is 19.8 Å². The summed E-state index contributed by atoms with van der Waals surface area (Å²) in [6.07, 6.45) is 62.8. The van der Waals surface area contributed by atoms with E-state index < -0.39 is 45.1 Å². The molecule has 0 rings (SSSR count). The first-order chi connectivity index (χ1) is 31.7. The highest BCUT2D eigenvalue weighted by molar-refractivity contribution is 7.47. The number of allylic oxidation sites excluding steroid dienone is 12. The average Bonchev–Trinajstić information content (AvgIpc) is 3.29. The van der Waals surface area contributed by atoms with Crippen LogP contribution in [0.3, 0.4) is 0 Å². The number of unbranched alkanes of at least 4 members (excludes halogenated alkanes) is 23. The molecule has 0 aliphatic heterocycles. The number of esters is 1. The van der Waals surface area contributed by atoms with Crippen LogP contribution in [0.5, 0.6) is 0 Å². The SMILES string of the molecule is CC/C=C\C/C=C\C/C=C\C/C=C\C/C=C\C/C=C\CCC(=O)OC(COCCCCCCCCCCCCCCCCCCCCCCCCCC)COP(=O)(O)OCC(N)C(=O)O. The van der Waals surface area contributed by atoms with Crippen LogP contribution in [0.25, 0.3) is 0 Å². The van der Waals surface area contributed by atoms with E-state index in [0.29, 0.717) is 13.0 Å². The number of hydrogen-bond acceptors (Lipinski definition) is 8. The Morgan fingerprint density at radius 3 is 1.25 bits per heavy atom. The largest absolute Gasteiger partial charge is 0.480 e. The number of hydrogen-bond donors (Lipinski definition) is 3. The van der Waals surface area contributed by atoms with Crippen molar-refractivity contribution in [1.29, 1.82) is 0 Å². The molecule has 0 fully saturated rings. The van der Waals surface area contributed by atoms with Crippen LogP contribution in [-0.2, 0) is 32.7 Å². The van der Waals surface area contributed by atoms with Gasteiger partial charge in [0.25, 0.3) is 0 Å². The lowest BCUT2D eigenvalue weighted by atomic mass is 10.0. The van der Waals surface area contributed by atoms with E-state index in [2.05, 4.69) is 74.6 Å². The van der Waals surface area contributed by atoms with Gasteiger partial charge in [0.2, 0.25) is 0 Å². The van der Waals surface area contributed by atoms with E-state index in [-0.39, 0.29) is 13.0 Å². The van der Waals surface area contributed by atoms with Crippen LogP contribution in [0.15, 0.2) is 72.9 Å². The topological polar surface area (TPSA) is 155 Å². The predicted molar refractivity (Wildman–Crippen MR) is 272 cm³/mol. The maximum absolute atomic E-state index is 12.7. The molecule has 0 saturated heterocycles. The third-order valence-electron chi connectivity index (χ3n) is 11.0. The van der Waals surface area contributed by atoms with E-state index in [1.165, 1.54) is 135 Å². The molecule has 4 N–H and O–H groups in total. The lowest BCUT2D eigenvalue weighted by molar-refractivity contribution is -0.154. The molecule has 0 aromatic carbocycles. The molecule has 0 saturated carbocycles. The number of carbonyl (C=O) groups excluding carboxylic acids is 1. The molecule has 0 aromatic heterocycles. The fourth-order valence-electron chi connectivity index (χ4n) is 7.04. The second-order valence-corrected chi connectivity index (χ2v) is 18.7. The van der Waals surface area contributed by atoms with Gasteiger partial charge in [-0.15, -0.1) is 0 Å². The Labute approximate surface area is 397 Å². The van der Waals surface area contributed by atoms with Crippen molar-refractivity contribution < 1.29 is 42.7 Å². The first-order valence-electron chi connectivity index (χ1n) is 26.0. The average molecular weight is 934 g/mol. The van der Waals surface area contributed by atoms with Crippen molar-refractivity contribution in [2.45, 2.75) is 231 Å². The standard InChI is InChI=1S/C54H96NO9P/c1-3-5-7-9-11-13-15-17-19-21-23-24-25-26-27-29-31-33-35-37-39-41-43-45-47-61-48-51(49-62-65(59,60)63-50-52(55)54(57)58)64-53(56)46-44-42-40-38-36-34-32-30-28-22-20-18-16-14-12-10-8-6-4-2/h6,8,12,14,18,20,28,30,34,36,40,42,51-52H,3-5,7,9-11,13,15-17,19,21-27,29,31-33,35,37-39,41,43-50,55H2,1-2H3,(H,57,58)(H,59,60)/b8-6-,14-12-,20-18-,30-28-,36-34-,42-40-. The van der Waals surface area contributed by atoms with Gasteiger partial charge in [-0.05, 0) is 51.4 Å². The van der Waals surface area contributed by atoms with Crippen LogP contribution in [0.1, 0.15) is 219 Å².